The molecule has 3 heterocycles. The van der Waals surface area contributed by atoms with E-state index < -0.39 is 0 Å². The van der Waals surface area contributed by atoms with Crippen LogP contribution in [0.2, 0.25) is 5.02 Å². The van der Waals surface area contributed by atoms with Gasteiger partial charge < -0.3 is 14.2 Å². The number of nitrogens with zero attached hydrogens (tertiary/aromatic N) is 4. The van der Waals surface area contributed by atoms with E-state index in [9.17, 15) is 5.11 Å². The lowest BCUT2D eigenvalue weighted by atomic mass is 9.94. The first-order valence-corrected chi connectivity index (χ1v) is 11.0. The molecule has 0 saturated carbocycles. The Morgan fingerprint density at radius 1 is 1.23 bits per heavy atom. The summed E-state index contributed by atoms with van der Waals surface area (Å²) in [6, 6.07) is 12.6. The zero-order valence-corrected chi connectivity index (χ0v) is 18.4. The molecule has 1 aliphatic rings. The molecule has 0 atom stereocenters. The first-order valence-electron chi connectivity index (χ1n) is 10.6. The van der Waals surface area contributed by atoms with Crippen LogP contribution in [0.5, 0.6) is 0 Å². The average Bonchev–Trinajstić information content (AvgIpc) is 3.38. The summed E-state index contributed by atoms with van der Waals surface area (Å²) in [7, 11) is 0. The number of fused-ring (bicyclic) bond motifs is 2. The normalized spacial score (nSPS) is 14.5. The van der Waals surface area contributed by atoms with Crippen LogP contribution in [0, 0.1) is 0 Å². The zero-order chi connectivity index (χ0) is 21.5. The number of aliphatic hydroxyl groups excluding tert-OH is 1. The summed E-state index contributed by atoms with van der Waals surface area (Å²) in [6.07, 6.45) is 2.87. The predicted octanol–water partition coefficient (Wildman–Crippen LogP) is 4.94. The molecule has 6 nitrogen and oxygen atoms in total. The molecule has 31 heavy (non-hydrogen) atoms. The molecule has 0 unspecified atom stereocenters. The Morgan fingerprint density at radius 2 is 2.10 bits per heavy atom. The Bertz CT molecular complexity index is 1240. The largest absolute Gasteiger partial charge is 0.395 e. The van der Waals surface area contributed by atoms with Gasteiger partial charge in [0.25, 0.3) is 5.89 Å². The Balaban J connectivity index is 1.49. The van der Waals surface area contributed by atoms with Crippen LogP contribution in [0.3, 0.4) is 0 Å². The molecule has 0 radical (unpaired) electrons. The van der Waals surface area contributed by atoms with Gasteiger partial charge >= 0.3 is 0 Å². The fourth-order valence-corrected chi connectivity index (χ4v) is 4.69. The second kappa shape index (κ2) is 8.11. The van der Waals surface area contributed by atoms with Crippen molar-refractivity contribution in [3.63, 3.8) is 0 Å². The number of β-amino-alcohol motifs (C(OH)–C–C–N with tert-alkyl or cyclic N) is 1. The van der Waals surface area contributed by atoms with Crippen LogP contribution in [0.4, 0.5) is 0 Å². The molecule has 0 spiro atoms. The van der Waals surface area contributed by atoms with E-state index >= 15 is 0 Å². The lowest BCUT2D eigenvalue weighted by Gasteiger charge is -2.29. The maximum absolute atomic E-state index is 9.24. The molecule has 0 amide bonds. The average molecular weight is 437 g/mol. The van der Waals surface area contributed by atoms with Gasteiger partial charge in [-0.2, -0.15) is 4.98 Å². The van der Waals surface area contributed by atoms with E-state index in [0.29, 0.717) is 24.3 Å². The molecule has 2 aromatic carbocycles. The van der Waals surface area contributed by atoms with Crippen LogP contribution in [0.25, 0.3) is 33.7 Å². The summed E-state index contributed by atoms with van der Waals surface area (Å²) in [5.41, 5.74) is 5.48. The summed E-state index contributed by atoms with van der Waals surface area (Å²) in [6.45, 7) is 6.89. The molecule has 2 aromatic heterocycles. The summed E-state index contributed by atoms with van der Waals surface area (Å²) in [5, 5.41) is 15.2. The highest BCUT2D eigenvalue weighted by atomic mass is 35.5. The summed E-state index contributed by atoms with van der Waals surface area (Å²) < 4.78 is 7.81. The first kappa shape index (κ1) is 20.2. The van der Waals surface area contributed by atoms with Crippen molar-refractivity contribution in [2.45, 2.75) is 32.9 Å². The Hall–Kier alpha value is -2.67. The highest BCUT2D eigenvalue weighted by molar-refractivity contribution is 6.35. The van der Waals surface area contributed by atoms with Crippen molar-refractivity contribution >= 4 is 22.5 Å². The van der Waals surface area contributed by atoms with Gasteiger partial charge in [0.1, 0.15) is 0 Å². The molecule has 160 valence electrons. The second-order valence-electron chi connectivity index (χ2n) is 8.33. The van der Waals surface area contributed by atoms with Gasteiger partial charge in [-0.1, -0.05) is 35.0 Å². The SMILES string of the molecule is CC(C)n1cc(Cl)c2cc(-c3nc(-c4cccc5c4CCN(CCO)C5)no3)ccc21. The summed E-state index contributed by atoms with van der Waals surface area (Å²) in [4.78, 5) is 6.97. The van der Waals surface area contributed by atoms with E-state index in [1.165, 1.54) is 11.1 Å². The Labute approximate surface area is 186 Å². The molecule has 0 saturated heterocycles. The monoisotopic (exact) mass is 436 g/mol. The molecule has 0 bridgehead atoms. The van der Waals surface area contributed by atoms with Gasteiger partial charge in [-0.3, -0.25) is 4.90 Å². The molecular weight excluding hydrogens is 412 g/mol. The van der Waals surface area contributed by atoms with Gasteiger partial charge in [0, 0.05) is 53.9 Å². The fraction of sp³-hybridized carbons (Fsp3) is 0.333. The maximum atomic E-state index is 9.24. The minimum absolute atomic E-state index is 0.179. The number of aliphatic hydroxyl groups is 1. The molecule has 5 rings (SSSR count). The Kier molecular flexibility index (Phi) is 5.30. The lowest BCUT2D eigenvalue weighted by Crippen LogP contribution is -2.33. The van der Waals surface area contributed by atoms with Crippen LogP contribution in [-0.2, 0) is 13.0 Å². The molecule has 0 aliphatic carbocycles. The number of benzene rings is 2. The summed E-state index contributed by atoms with van der Waals surface area (Å²) >= 11 is 6.49. The molecular formula is C24H25ClN4O2. The summed E-state index contributed by atoms with van der Waals surface area (Å²) in [5.74, 6) is 1.09. The number of aromatic nitrogens is 3. The maximum Gasteiger partial charge on any atom is 0.258 e. The minimum atomic E-state index is 0.179. The topological polar surface area (TPSA) is 67.3 Å². The fourth-order valence-electron chi connectivity index (χ4n) is 4.43. The van der Waals surface area contributed by atoms with Crippen molar-refractivity contribution in [1.82, 2.24) is 19.6 Å². The van der Waals surface area contributed by atoms with Crippen molar-refractivity contribution in [3.05, 3.63) is 58.7 Å². The molecule has 0 fully saturated rings. The number of halogens is 1. The van der Waals surface area contributed by atoms with Gasteiger partial charge in [-0.15, -0.1) is 0 Å². The lowest BCUT2D eigenvalue weighted by molar-refractivity contribution is 0.184. The quantitative estimate of drug-likeness (QED) is 0.479. The van der Waals surface area contributed by atoms with Crippen molar-refractivity contribution in [2.24, 2.45) is 0 Å². The van der Waals surface area contributed by atoms with E-state index in [1.54, 1.807) is 0 Å². The van der Waals surface area contributed by atoms with Crippen molar-refractivity contribution in [2.75, 3.05) is 19.7 Å². The van der Waals surface area contributed by atoms with Crippen LogP contribution >= 0.6 is 11.6 Å². The number of rotatable bonds is 5. The van der Waals surface area contributed by atoms with E-state index in [2.05, 4.69) is 46.7 Å². The number of hydrogen-bond donors (Lipinski definition) is 1. The van der Waals surface area contributed by atoms with Crippen molar-refractivity contribution < 1.29 is 9.63 Å². The highest BCUT2D eigenvalue weighted by Gasteiger charge is 2.22. The number of hydrogen-bond acceptors (Lipinski definition) is 5. The predicted molar refractivity (Wildman–Crippen MR) is 122 cm³/mol. The molecule has 1 aliphatic heterocycles. The van der Waals surface area contributed by atoms with Crippen LogP contribution in [0.1, 0.15) is 31.0 Å². The van der Waals surface area contributed by atoms with Crippen LogP contribution in [0.15, 0.2) is 47.1 Å². The Morgan fingerprint density at radius 3 is 2.90 bits per heavy atom. The van der Waals surface area contributed by atoms with E-state index in [-0.39, 0.29) is 6.61 Å². The van der Waals surface area contributed by atoms with Gasteiger partial charge in [-0.25, -0.2) is 0 Å². The standard InChI is InChI=1S/C24H25ClN4O2/c1-15(2)29-14-21(25)20-12-16(6-7-22(20)29)24-26-23(27-31-24)19-5-3-4-17-13-28(10-11-30)9-8-18(17)19/h3-7,12,14-15,30H,8-11,13H2,1-2H3. The first-order chi connectivity index (χ1) is 15.0. The van der Waals surface area contributed by atoms with E-state index in [0.717, 1.165) is 46.6 Å². The van der Waals surface area contributed by atoms with Gasteiger partial charge in [0.15, 0.2) is 0 Å². The van der Waals surface area contributed by atoms with Gasteiger partial charge in [0.05, 0.1) is 11.6 Å². The third kappa shape index (κ3) is 3.65. The molecule has 1 N–H and O–H groups in total. The molecule has 4 aromatic rings. The zero-order valence-electron chi connectivity index (χ0n) is 17.7. The van der Waals surface area contributed by atoms with Crippen molar-refractivity contribution in [1.29, 1.82) is 0 Å². The van der Waals surface area contributed by atoms with Crippen molar-refractivity contribution in [3.8, 4) is 22.8 Å². The van der Waals surface area contributed by atoms with E-state index in [1.807, 2.05) is 24.4 Å². The highest BCUT2D eigenvalue weighted by Crippen LogP contribution is 2.34. The van der Waals surface area contributed by atoms with Gasteiger partial charge in [-0.05, 0) is 49.6 Å². The van der Waals surface area contributed by atoms with Crippen LogP contribution < -0.4 is 0 Å². The van der Waals surface area contributed by atoms with Crippen LogP contribution in [-0.4, -0.2) is 44.4 Å². The van der Waals surface area contributed by atoms with Gasteiger partial charge in [0.2, 0.25) is 5.82 Å². The third-order valence-electron chi connectivity index (χ3n) is 6.02. The molecule has 7 heteroatoms. The van der Waals surface area contributed by atoms with E-state index in [4.69, 9.17) is 21.1 Å². The third-order valence-corrected chi connectivity index (χ3v) is 6.32. The minimum Gasteiger partial charge on any atom is -0.395 e. The second-order valence-corrected chi connectivity index (χ2v) is 8.73. The smallest absolute Gasteiger partial charge is 0.258 e.